The van der Waals surface area contributed by atoms with E-state index in [-0.39, 0.29) is 16.0 Å². The second kappa shape index (κ2) is 4.76. The van der Waals surface area contributed by atoms with Gasteiger partial charge in [0.1, 0.15) is 5.82 Å². The number of hydrogen-bond donors (Lipinski definition) is 2. The third-order valence-corrected chi connectivity index (χ3v) is 5.38. The van der Waals surface area contributed by atoms with Gasteiger partial charge in [-0.25, -0.2) is 17.5 Å². The van der Waals surface area contributed by atoms with E-state index in [0.29, 0.717) is 12.1 Å². The van der Waals surface area contributed by atoms with Gasteiger partial charge in [0, 0.05) is 6.54 Å². The highest BCUT2D eigenvalue weighted by molar-refractivity contribution is 7.89. The molecule has 1 aromatic rings. The van der Waals surface area contributed by atoms with Crippen molar-refractivity contribution in [3.63, 3.8) is 0 Å². The molecule has 3 N–H and O–H groups in total. The summed E-state index contributed by atoms with van der Waals surface area (Å²) < 4.78 is 40.3. The number of sulfonamides is 1. The Balaban J connectivity index is 2.22. The first-order valence-electron chi connectivity index (χ1n) is 6.29. The fourth-order valence-corrected chi connectivity index (χ4v) is 3.72. The van der Waals surface area contributed by atoms with Gasteiger partial charge < -0.3 is 5.73 Å². The zero-order valence-electron chi connectivity index (χ0n) is 11.2. The quantitative estimate of drug-likeness (QED) is 0.833. The van der Waals surface area contributed by atoms with E-state index in [1.807, 2.05) is 0 Å². The second-order valence-corrected chi connectivity index (χ2v) is 7.36. The lowest BCUT2D eigenvalue weighted by atomic mass is 9.71. The highest BCUT2D eigenvalue weighted by Gasteiger charge is 2.33. The number of nitrogen functional groups attached to an aromatic ring is 1. The number of nitrogens with two attached hydrogens (primary N) is 1. The number of anilines is 1. The van der Waals surface area contributed by atoms with Gasteiger partial charge in [0.05, 0.1) is 10.6 Å². The summed E-state index contributed by atoms with van der Waals surface area (Å²) in [5.74, 6) is -0.595. The number of nitrogens with one attached hydrogen (secondary N) is 1. The third kappa shape index (κ3) is 2.90. The average Bonchev–Trinajstić information content (AvgIpc) is 2.28. The molecule has 1 saturated carbocycles. The van der Waals surface area contributed by atoms with Crippen LogP contribution in [0.3, 0.4) is 0 Å². The first-order valence-corrected chi connectivity index (χ1v) is 7.77. The number of aryl methyl sites for hydroxylation is 1. The summed E-state index contributed by atoms with van der Waals surface area (Å²) in [5, 5.41) is 0. The first kappa shape index (κ1) is 14.3. The maximum Gasteiger partial charge on any atom is 0.240 e. The molecule has 2 rings (SSSR count). The Morgan fingerprint density at radius 1 is 1.42 bits per heavy atom. The van der Waals surface area contributed by atoms with Gasteiger partial charge in [-0.2, -0.15) is 0 Å². The van der Waals surface area contributed by atoms with E-state index in [9.17, 15) is 12.8 Å². The van der Waals surface area contributed by atoms with Crippen LogP contribution < -0.4 is 10.5 Å². The number of rotatable bonds is 4. The average molecular weight is 286 g/mol. The molecule has 0 bridgehead atoms. The molecule has 0 radical (unpaired) electrons. The van der Waals surface area contributed by atoms with E-state index in [1.165, 1.54) is 6.07 Å². The molecule has 4 nitrogen and oxygen atoms in total. The molecule has 0 atom stereocenters. The van der Waals surface area contributed by atoms with Crippen LogP contribution in [0.4, 0.5) is 10.1 Å². The van der Waals surface area contributed by atoms with Crippen molar-refractivity contribution in [3.05, 3.63) is 23.5 Å². The van der Waals surface area contributed by atoms with Gasteiger partial charge >= 0.3 is 0 Å². The van der Waals surface area contributed by atoms with Crippen LogP contribution in [0.25, 0.3) is 0 Å². The number of halogens is 1. The van der Waals surface area contributed by atoms with Crippen LogP contribution in [-0.2, 0) is 10.0 Å². The SMILES string of the molecule is Cc1cc(F)c(N)cc1S(=O)(=O)NCC1(C)CCC1. The molecule has 0 aliphatic heterocycles. The summed E-state index contributed by atoms with van der Waals surface area (Å²) in [6.07, 6.45) is 3.20. The summed E-state index contributed by atoms with van der Waals surface area (Å²) in [6.45, 7) is 4.03. The molecule has 106 valence electrons. The van der Waals surface area contributed by atoms with Gasteiger partial charge in [0.2, 0.25) is 10.0 Å². The molecule has 0 saturated heterocycles. The molecular weight excluding hydrogens is 267 g/mol. The lowest BCUT2D eigenvalue weighted by Crippen LogP contribution is -2.40. The highest BCUT2D eigenvalue weighted by atomic mass is 32.2. The Morgan fingerprint density at radius 3 is 2.58 bits per heavy atom. The van der Waals surface area contributed by atoms with Crippen LogP contribution in [0, 0.1) is 18.2 Å². The van der Waals surface area contributed by atoms with E-state index in [4.69, 9.17) is 5.73 Å². The Bertz CT molecular complexity index is 595. The first-order chi connectivity index (χ1) is 8.73. The highest BCUT2D eigenvalue weighted by Crippen LogP contribution is 2.39. The molecule has 1 aromatic carbocycles. The summed E-state index contributed by atoms with van der Waals surface area (Å²) >= 11 is 0. The monoisotopic (exact) mass is 286 g/mol. The zero-order valence-corrected chi connectivity index (χ0v) is 12.0. The minimum absolute atomic E-state index is 0.0482. The Labute approximate surface area is 113 Å². The third-order valence-electron chi connectivity index (χ3n) is 3.83. The maximum absolute atomic E-state index is 13.2. The lowest BCUT2D eigenvalue weighted by molar-refractivity contribution is 0.166. The van der Waals surface area contributed by atoms with Crippen molar-refractivity contribution < 1.29 is 12.8 Å². The molecule has 6 heteroatoms. The van der Waals surface area contributed by atoms with Gasteiger partial charge in [-0.1, -0.05) is 13.3 Å². The van der Waals surface area contributed by atoms with Crippen LogP contribution in [0.15, 0.2) is 17.0 Å². The summed E-state index contributed by atoms with van der Waals surface area (Å²) in [4.78, 5) is 0.0503. The summed E-state index contributed by atoms with van der Waals surface area (Å²) in [6, 6.07) is 2.32. The van der Waals surface area contributed by atoms with Gasteiger partial charge in [0.15, 0.2) is 0 Å². The van der Waals surface area contributed by atoms with Crippen LogP contribution in [0.2, 0.25) is 0 Å². The van der Waals surface area contributed by atoms with Crippen molar-refractivity contribution in [1.29, 1.82) is 0 Å². The molecule has 1 aliphatic carbocycles. The van der Waals surface area contributed by atoms with E-state index < -0.39 is 15.8 Å². The van der Waals surface area contributed by atoms with Crippen molar-refractivity contribution in [2.45, 2.75) is 38.0 Å². The van der Waals surface area contributed by atoms with Crippen molar-refractivity contribution in [1.82, 2.24) is 4.72 Å². The smallest absolute Gasteiger partial charge is 0.240 e. The predicted octanol–water partition coefficient (Wildman–Crippen LogP) is 2.18. The van der Waals surface area contributed by atoms with Crippen LogP contribution >= 0.6 is 0 Å². The van der Waals surface area contributed by atoms with Crippen LogP contribution in [-0.4, -0.2) is 15.0 Å². The molecule has 0 spiro atoms. The van der Waals surface area contributed by atoms with Crippen LogP contribution in [0.1, 0.15) is 31.7 Å². The standard InChI is InChI=1S/C13H19FN2O2S/c1-9-6-10(14)11(15)7-12(9)19(17,18)16-8-13(2)4-3-5-13/h6-7,16H,3-5,8,15H2,1-2H3. The van der Waals surface area contributed by atoms with E-state index in [2.05, 4.69) is 11.6 Å². The topological polar surface area (TPSA) is 72.2 Å². The molecule has 0 unspecified atom stereocenters. The molecule has 0 amide bonds. The zero-order chi connectivity index (χ0) is 14.3. The maximum atomic E-state index is 13.2. The largest absolute Gasteiger partial charge is 0.396 e. The van der Waals surface area contributed by atoms with E-state index in [0.717, 1.165) is 25.3 Å². The molecular formula is C13H19FN2O2S. The summed E-state index contributed by atoms with van der Waals surface area (Å²) in [7, 11) is -3.64. The Hall–Kier alpha value is -1.14. The minimum atomic E-state index is -3.64. The van der Waals surface area contributed by atoms with Crippen molar-refractivity contribution in [2.24, 2.45) is 5.41 Å². The fraction of sp³-hybridized carbons (Fsp3) is 0.538. The van der Waals surface area contributed by atoms with Crippen molar-refractivity contribution in [3.8, 4) is 0 Å². The minimum Gasteiger partial charge on any atom is -0.396 e. The van der Waals surface area contributed by atoms with E-state index >= 15 is 0 Å². The Kier molecular flexibility index (Phi) is 3.57. The molecule has 1 fully saturated rings. The van der Waals surface area contributed by atoms with Gasteiger partial charge in [0.25, 0.3) is 0 Å². The molecule has 19 heavy (non-hydrogen) atoms. The van der Waals surface area contributed by atoms with Crippen LogP contribution in [0.5, 0.6) is 0 Å². The fourth-order valence-electron chi connectivity index (χ4n) is 2.26. The molecule has 0 aromatic heterocycles. The van der Waals surface area contributed by atoms with Gasteiger partial charge in [-0.05, 0) is 42.9 Å². The lowest BCUT2D eigenvalue weighted by Gasteiger charge is -2.38. The molecule has 0 heterocycles. The summed E-state index contributed by atoms with van der Waals surface area (Å²) in [5.41, 5.74) is 5.69. The van der Waals surface area contributed by atoms with E-state index in [1.54, 1.807) is 6.92 Å². The Morgan fingerprint density at radius 2 is 2.05 bits per heavy atom. The number of benzene rings is 1. The van der Waals surface area contributed by atoms with Crippen molar-refractivity contribution in [2.75, 3.05) is 12.3 Å². The molecule has 1 aliphatic rings. The van der Waals surface area contributed by atoms with Gasteiger partial charge in [-0.3, -0.25) is 0 Å². The van der Waals surface area contributed by atoms with Gasteiger partial charge in [-0.15, -0.1) is 0 Å². The normalized spacial score (nSPS) is 18.1. The predicted molar refractivity (Wildman–Crippen MR) is 72.7 cm³/mol. The second-order valence-electron chi connectivity index (χ2n) is 5.63. The number of hydrogen-bond acceptors (Lipinski definition) is 3. The van der Waals surface area contributed by atoms with Crippen molar-refractivity contribution >= 4 is 15.7 Å².